The summed E-state index contributed by atoms with van der Waals surface area (Å²) >= 11 is 0. The Morgan fingerprint density at radius 1 is 1.14 bits per heavy atom. The number of benzene rings is 2. The number of carbonyl (C=O) groups excluding carboxylic acids is 2. The molecule has 8 nitrogen and oxygen atoms in total. The van der Waals surface area contributed by atoms with E-state index in [1.54, 1.807) is 7.11 Å². The number of unbranched alkanes of at least 4 members (excludes halogenated alkanes) is 1. The molecule has 2 saturated heterocycles. The fraction of sp³-hybridized carbons (Fsp3) is 0.517. The molecule has 2 aliphatic rings. The number of hydrogen-bond donors (Lipinski definition) is 3. The van der Waals surface area contributed by atoms with E-state index in [4.69, 9.17) is 9.47 Å². The minimum absolute atomic E-state index is 0.0736. The third-order valence-corrected chi connectivity index (χ3v) is 7.24. The Hall–Kier alpha value is -2.94. The van der Waals surface area contributed by atoms with Crippen LogP contribution >= 0.6 is 0 Å². The fourth-order valence-corrected chi connectivity index (χ4v) is 4.97. The average Bonchev–Trinajstić information content (AvgIpc) is 3.43. The van der Waals surface area contributed by atoms with Gasteiger partial charge in [0.2, 0.25) is 11.8 Å². The summed E-state index contributed by atoms with van der Waals surface area (Å²) in [5.74, 6) is 0.582. The average molecular weight is 509 g/mol. The Morgan fingerprint density at radius 3 is 2.54 bits per heavy atom. The first-order valence-corrected chi connectivity index (χ1v) is 13.4. The lowest BCUT2D eigenvalue weighted by Crippen LogP contribution is -2.66. The zero-order valence-corrected chi connectivity index (χ0v) is 22.0. The summed E-state index contributed by atoms with van der Waals surface area (Å²) in [4.78, 5) is 28.4. The van der Waals surface area contributed by atoms with Crippen LogP contribution in [0.25, 0.3) is 0 Å². The summed E-state index contributed by atoms with van der Waals surface area (Å²) in [6.07, 6.45) is 3.55. The molecule has 0 radical (unpaired) electrons. The van der Waals surface area contributed by atoms with E-state index in [1.165, 1.54) is 0 Å². The van der Waals surface area contributed by atoms with Crippen molar-refractivity contribution in [3.05, 3.63) is 65.7 Å². The Labute approximate surface area is 220 Å². The van der Waals surface area contributed by atoms with Crippen molar-refractivity contribution in [2.45, 2.75) is 56.7 Å². The molecule has 1 unspecified atom stereocenters. The molecular formula is C29H40N4O4. The van der Waals surface area contributed by atoms with E-state index < -0.39 is 11.6 Å². The number of amides is 2. The molecule has 2 aromatic rings. The molecule has 0 aromatic heterocycles. The lowest BCUT2D eigenvalue weighted by molar-refractivity contribution is -0.175. The van der Waals surface area contributed by atoms with Gasteiger partial charge in [-0.05, 0) is 36.1 Å². The number of nitrogens with zero attached hydrogens (tertiary/aromatic N) is 1. The number of ether oxygens (including phenoxy) is 2. The van der Waals surface area contributed by atoms with Gasteiger partial charge in [-0.2, -0.15) is 0 Å². The molecule has 2 aromatic carbocycles. The molecule has 0 spiro atoms. The Bertz CT molecular complexity index is 1000. The molecule has 2 heterocycles. The minimum atomic E-state index is -0.639. The third-order valence-electron chi connectivity index (χ3n) is 7.24. The zero-order chi connectivity index (χ0) is 26.1. The highest BCUT2D eigenvalue weighted by Gasteiger charge is 2.48. The summed E-state index contributed by atoms with van der Waals surface area (Å²) in [5, 5.41) is 9.61. The SMILES string of the molecule is CCCCOC1(c2ccccc2)CN(C(=O)[C@@H](Cc2ccc(OC)cc2)NC(=O)CCC2CNCN2)C1. The Kier molecular flexibility index (Phi) is 9.55. The van der Waals surface area contributed by atoms with Gasteiger partial charge in [0, 0.05) is 38.7 Å². The highest BCUT2D eigenvalue weighted by atomic mass is 16.5. The number of likely N-dealkylation sites (tertiary alicyclic amines) is 1. The largest absolute Gasteiger partial charge is 0.497 e. The molecule has 200 valence electrons. The minimum Gasteiger partial charge on any atom is -0.497 e. The van der Waals surface area contributed by atoms with Gasteiger partial charge in [-0.1, -0.05) is 55.8 Å². The maximum absolute atomic E-state index is 13.7. The lowest BCUT2D eigenvalue weighted by Gasteiger charge is -2.51. The maximum Gasteiger partial charge on any atom is 0.245 e. The van der Waals surface area contributed by atoms with Crippen LogP contribution in [0.15, 0.2) is 54.6 Å². The van der Waals surface area contributed by atoms with E-state index in [-0.39, 0.29) is 17.9 Å². The predicted octanol–water partition coefficient (Wildman–Crippen LogP) is 2.58. The van der Waals surface area contributed by atoms with Crippen LogP contribution < -0.4 is 20.7 Å². The van der Waals surface area contributed by atoms with Crippen LogP contribution in [0.3, 0.4) is 0 Å². The highest BCUT2D eigenvalue weighted by Crippen LogP contribution is 2.36. The maximum atomic E-state index is 13.7. The van der Waals surface area contributed by atoms with Crippen LogP contribution in [0, 0.1) is 0 Å². The second kappa shape index (κ2) is 13.0. The molecule has 2 amide bonds. The molecule has 0 aliphatic carbocycles. The first kappa shape index (κ1) is 27.1. The first-order chi connectivity index (χ1) is 18.0. The van der Waals surface area contributed by atoms with Gasteiger partial charge >= 0.3 is 0 Å². The van der Waals surface area contributed by atoms with Gasteiger partial charge in [0.1, 0.15) is 17.4 Å². The van der Waals surface area contributed by atoms with Crippen molar-refractivity contribution in [1.29, 1.82) is 0 Å². The van der Waals surface area contributed by atoms with Crippen LogP contribution in [-0.4, -0.2) is 68.8 Å². The molecule has 0 saturated carbocycles. The Morgan fingerprint density at radius 2 is 1.89 bits per heavy atom. The van der Waals surface area contributed by atoms with E-state index in [1.807, 2.05) is 47.4 Å². The van der Waals surface area contributed by atoms with Gasteiger partial charge in [-0.15, -0.1) is 0 Å². The van der Waals surface area contributed by atoms with E-state index >= 15 is 0 Å². The van der Waals surface area contributed by atoms with Crippen molar-refractivity contribution in [2.24, 2.45) is 0 Å². The summed E-state index contributed by atoms with van der Waals surface area (Å²) in [7, 11) is 1.63. The molecule has 2 atom stereocenters. The summed E-state index contributed by atoms with van der Waals surface area (Å²) in [6, 6.07) is 17.4. The van der Waals surface area contributed by atoms with Crippen molar-refractivity contribution in [3.63, 3.8) is 0 Å². The van der Waals surface area contributed by atoms with Gasteiger partial charge in [0.05, 0.1) is 20.2 Å². The molecule has 0 bridgehead atoms. The highest BCUT2D eigenvalue weighted by molar-refractivity contribution is 5.88. The number of hydrogen-bond acceptors (Lipinski definition) is 6. The fourth-order valence-electron chi connectivity index (χ4n) is 4.97. The molecule has 37 heavy (non-hydrogen) atoms. The normalized spacial score (nSPS) is 19.2. The second-order valence-electron chi connectivity index (χ2n) is 10.00. The number of nitrogens with one attached hydrogen (secondary N) is 3. The van der Waals surface area contributed by atoms with Crippen LogP contribution in [0.5, 0.6) is 5.75 Å². The van der Waals surface area contributed by atoms with Crippen molar-refractivity contribution < 1.29 is 19.1 Å². The van der Waals surface area contributed by atoms with E-state index in [2.05, 4.69) is 35.0 Å². The molecule has 2 aliphatic heterocycles. The lowest BCUT2D eigenvalue weighted by atomic mass is 9.84. The van der Waals surface area contributed by atoms with Gasteiger partial charge < -0.3 is 30.3 Å². The van der Waals surface area contributed by atoms with Gasteiger partial charge in [-0.3, -0.25) is 9.59 Å². The smallest absolute Gasteiger partial charge is 0.245 e. The predicted molar refractivity (Wildman–Crippen MR) is 143 cm³/mol. The molecule has 4 rings (SSSR count). The van der Waals surface area contributed by atoms with Crippen molar-refractivity contribution in [1.82, 2.24) is 20.9 Å². The molecule has 2 fully saturated rings. The van der Waals surface area contributed by atoms with Crippen LogP contribution in [0.4, 0.5) is 0 Å². The van der Waals surface area contributed by atoms with Crippen molar-refractivity contribution >= 4 is 11.8 Å². The van der Waals surface area contributed by atoms with Crippen LogP contribution in [0.2, 0.25) is 0 Å². The molecule has 8 heteroatoms. The second-order valence-corrected chi connectivity index (χ2v) is 10.00. The zero-order valence-electron chi connectivity index (χ0n) is 22.0. The van der Waals surface area contributed by atoms with E-state index in [0.29, 0.717) is 32.5 Å². The molecular weight excluding hydrogens is 468 g/mol. The third kappa shape index (κ3) is 7.09. The van der Waals surface area contributed by atoms with Crippen molar-refractivity contribution in [2.75, 3.05) is 40.0 Å². The summed E-state index contributed by atoms with van der Waals surface area (Å²) < 4.78 is 11.6. The monoisotopic (exact) mass is 508 g/mol. The standard InChI is InChI=1S/C29H40N4O4/c1-3-4-16-37-29(23-8-6-5-7-9-23)19-33(20-29)28(35)26(17-22-10-13-25(36-2)14-11-22)32-27(34)15-12-24-18-30-21-31-24/h5-11,13-14,24,26,30-31H,3-4,12,15-21H2,1-2H3,(H,32,34)/t24?,26-/m1/s1. The van der Waals surface area contributed by atoms with E-state index in [0.717, 1.165) is 49.4 Å². The van der Waals surface area contributed by atoms with E-state index in [9.17, 15) is 9.59 Å². The van der Waals surface area contributed by atoms with Crippen LogP contribution in [-0.2, 0) is 26.3 Å². The van der Waals surface area contributed by atoms with Crippen LogP contribution in [0.1, 0.15) is 43.7 Å². The summed E-state index contributed by atoms with van der Waals surface area (Å²) in [6.45, 7) is 5.38. The van der Waals surface area contributed by atoms with Crippen molar-refractivity contribution in [3.8, 4) is 5.75 Å². The molecule has 3 N–H and O–H groups in total. The topological polar surface area (TPSA) is 91.9 Å². The first-order valence-electron chi connectivity index (χ1n) is 13.4. The number of methoxy groups -OCH3 is 1. The number of carbonyl (C=O) groups is 2. The van der Waals surface area contributed by atoms with Gasteiger partial charge in [0.25, 0.3) is 0 Å². The number of rotatable bonds is 13. The summed E-state index contributed by atoms with van der Waals surface area (Å²) in [5.41, 5.74) is 1.56. The quantitative estimate of drug-likeness (QED) is 0.360. The van der Waals surface area contributed by atoms with Gasteiger partial charge in [-0.25, -0.2) is 0 Å². The Balaban J connectivity index is 1.44. The van der Waals surface area contributed by atoms with Gasteiger partial charge in [0.15, 0.2) is 0 Å².